The molecule has 0 heterocycles. The fraction of sp³-hybridized carbons (Fsp3) is 0.625. The van der Waals surface area contributed by atoms with E-state index >= 15 is 0 Å². The first-order valence-electron chi connectivity index (χ1n) is 7.14. The van der Waals surface area contributed by atoms with Crippen LogP contribution in [0.4, 0.5) is 5.69 Å². The lowest BCUT2D eigenvalue weighted by Crippen LogP contribution is -2.17. The molecular weight excluding hydrogens is 236 g/mol. The second-order valence-corrected chi connectivity index (χ2v) is 5.56. The summed E-state index contributed by atoms with van der Waals surface area (Å²) in [6, 6.07) is 8.67. The summed E-state index contributed by atoms with van der Waals surface area (Å²) < 4.78 is 5.54. The van der Waals surface area contributed by atoms with Crippen molar-refractivity contribution in [3.63, 3.8) is 0 Å². The van der Waals surface area contributed by atoms with Gasteiger partial charge in [-0.2, -0.15) is 0 Å². The predicted octanol–water partition coefficient (Wildman–Crippen LogP) is 2.90. The Labute approximate surface area is 118 Å². The molecule has 0 saturated carbocycles. The molecule has 3 nitrogen and oxygen atoms in total. The summed E-state index contributed by atoms with van der Waals surface area (Å²) in [6.07, 6.45) is 1.07. The third-order valence-corrected chi connectivity index (χ3v) is 2.88. The SMILES string of the molecule is CC(C)COCCCNCc1ccc(N(C)C)cc1. The topological polar surface area (TPSA) is 24.5 Å². The van der Waals surface area contributed by atoms with Crippen molar-refractivity contribution in [2.45, 2.75) is 26.8 Å². The Kier molecular flexibility index (Phi) is 7.53. The minimum atomic E-state index is 0.628. The van der Waals surface area contributed by atoms with Crippen molar-refractivity contribution >= 4 is 5.69 Å². The van der Waals surface area contributed by atoms with Crippen LogP contribution in [0.3, 0.4) is 0 Å². The van der Waals surface area contributed by atoms with Crippen molar-refractivity contribution in [2.75, 3.05) is 38.8 Å². The Morgan fingerprint density at radius 3 is 2.42 bits per heavy atom. The fourth-order valence-electron chi connectivity index (χ4n) is 1.76. The highest BCUT2D eigenvalue weighted by atomic mass is 16.5. The van der Waals surface area contributed by atoms with Gasteiger partial charge < -0.3 is 15.0 Å². The summed E-state index contributed by atoms with van der Waals surface area (Å²) in [6.45, 7) is 8.01. The van der Waals surface area contributed by atoms with E-state index in [0.29, 0.717) is 5.92 Å². The van der Waals surface area contributed by atoms with Crippen LogP contribution in [0, 0.1) is 5.92 Å². The Morgan fingerprint density at radius 2 is 1.84 bits per heavy atom. The third-order valence-electron chi connectivity index (χ3n) is 2.88. The van der Waals surface area contributed by atoms with Gasteiger partial charge in [-0.1, -0.05) is 26.0 Å². The second kappa shape index (κ2) is 8.94. The molecule has 19 heavy (non-hydrogen) atoms. The lowest BCUT2D eigenvalue weighted by atomic mass is 10.2. The largest absolute Gasteiger partial charge is 0.381 e. The van der Waals surface area contributed by atoms with E-state index in [9.17, 15) is 0 Å². The number of rotatable bonds is 9. The maximum atomic E-state index is 5.54. The highest BCUT2D eigenvalue weighted by Gasteiger charge is 1.97. The van der Waals surface area contributed by atoms with E-state index in [1.807, 2.05) is 0 Å². The molecule has 0 saturated heterocycles. The van der Waals surface area contributed by atoms with Crippen LogP contribution in [-0.4, -0.2) is 33.9 Å². The molecule has 0 amide bonds. The van der Waals surface area contributed by atoms with Crippen LogP contribution in [-0.2, 0) is 11.3 Å². The zero-order chi connectivity index (χ0) is 14.1. The van der Waals surface area contributed by atoms with Crippen molar-refractivity contribution in [1.29, 1.82) is 0 Å². The number of hydrogen-bond acceptors (Lipinski definition) is 3. The summed E-state index contributed by atoms with van der Waals surface area (Å²) in [5.74, 6) is 0.628. The van der Waals surface area contributed by atoms with E-state index in [1.54, 1.807) is 0 Å². The molecule has 0 aliphatic heterocycles. The first-order valence-corrected chi connectivity index (χ1v) is 7.14. The lowest BCUT2D eigenvalue weighted by Gasteiger charge is -2.13. The predicted molar refractivity (Wildman–Crippen MR) is 82.7 cm³/mol. The molecule has 108 valence electrons. The van der Waals surface area contributed by atoms with E-state index in [2.05, 4.69) is 62.4 Å². The molecule has 1 rings (SSSR count). The average Bonchev–Trinajstić information content (AvgIpc) is 2.38. The molecule has 1 N–H and O–H groups in total. The number of benzene rings is 1. The van der Waals surface area contributed by atoms with Crippen molar-refractivity contribution < 1.29 is 4.74 Å². The molecule has 0 fully saturated rings. The monoisotopic (exact) mass is 264 g/mol. The van der Waals surface area contributed by atoms with Gasteiger partial charge in [-0.3, -0.25) is 0 Å². The van der Waals surface area contributed by atoms with Crippen LogP contribution < -0.4 is 10.2 Å². The molecule has 0 radical (unpaired) electrons. The standard InChI is InChI=1S/C16H28N2O/c1-14(2)13-19-11-5-10-17-12-15-6-8-16(9-7-15)18(3)4/h6-9,14,17H,5,10-13H2,1-4H3. The normalized spacial score (nSPS) is 11.0. The van der Waals surface area contributed by atoms with E-state index in [0.717, 1.165) is 32.7 Å². The second-order valence-electron chi connectivity index (χ2n) is 5.56. The van der Waals surface area contributed by atoms with E-state index in [4.69, 9.17) is 4.74 Å². The highest BCUT2D eigenvalue weighted by Crippen LogP contribution is 2.11. The Balaban J connectivity index is 2.09. The van der Waals surface area contributed by atoms with Crippen LogP contribution in [0.25, 0.3) is 0 Å². The molecule has 1 aromatic rings. The molecule has 0 aliphatic carbocycles. The maximum Gasteiger partial charge on any atom is 0.0489 e. The number of anilines is 1. The number of hydrogen-bond donors (Lipinski definition) is 1. The van der Waals surface area contributed by atoms with E-state index in [-0.39, 0.29) is 0 Å². The van der Waals surface area contributed by atoms with Gasteiger partial charge in [0.25, 0.3) is 0 Å². The van der Waals surface area contributed by atoms with Gasteiger partial charge in [0.05, 0.1) is 0 Å². The smallest absolute Gasteiger partial charge is 0.0489 e. The first-order chi connectivity index (χ1) is 9.09. The molecule has 0 bridgehead atoms. The summed E-state index contributed by atoms with van der Waals surface area (Å²) >= 11 is 0. The van der Waals surface area contributed by atoms with Crippen LogP contribution in [0.5, 0.6) is 0 Å². The van der Waals surface area contributed by atoms with E-state index in [1.165, 1.54) is 11.3 Å². The third kappa shape index (κ3) is 7.19. The molecule has 0 aliphatic rings. The minimum absolute atomic E-state index is 0.628. The summed E-state index contributed by atoms with van der Waals surface area (Å²) in [7, 11) is 4.12. The first kappa shape index (κ1) is 16.0. The molecule has 0 unspecified atom stereocenters. The maximum absolute atomic E-state index is 5.54. The quantitative estimate of drug-likeness (QED) is 0.694. The van der Waals surface area contributed by atoms with Crippen molar-refractivity contribution in [3.05, 3.63) is 29.8 Å². The van der Waals surface area contributed by atoms with Crippen molar-refractivity contribution in [3.8, 4) is 0 Å². The summed E-state index contributed by atoms with van der Waals surface area (Å²) in [4.78, 5) is 2.11. The molecule has 3 heteroatoms. The van der Waals surface area contributed by atoms with Crippen molar-refractivity contribution in [2.24, 2.45) is 5.92 Å². The van der Waals surface area contributed by atoms with Gasteiger partial charge in [-0.25, -0.2) is 0 Å². The molecule has 0 atom stereocenters. The molecular formula is C16H28N2O. The number of ether oxygens (including phenoxy) is 1. The lowest BCUT2D eigenvalue weighted by molar-refractivity contribution is 0.108. The van der Waals surface area contributed by atoms with Crippen LogP contribution in [0.1, 0.15) is 25.8 Å². The van der Waals surface area contributed by atoms with Gasteiger partial charge in [-0.05, 0) is 36.6 Å². The zero-order valence-electron chi connectivity index (χ0n) is 12.8. The van der Waals surface area contributed by atoms with Gasteiger partial charge in [0.2, 0.25) is 0 Å². The van der Waals surface area contributed by atoms with Gasteiger partial charge >= 0.3 is 0 Å². The zero-order valence-corrected chi connectivity index (χ0v) is 12.8. The molecule has 0 aromatic heterocycles. The number of nitrogens with one attached hydrogen (secondary N) is 1. The Hall–Kier alpha value is -1.06. The number of nitrogens with zero attached hydrogens (tertiary/aromatic N) is 1. The van der Waals surface area contributed by atoms with Crippen LogP contribution >= 0.6 is 0 Å². The van der Waals surface area contributed by atoms with E-state index < -0.39 is 0 Å². The summed E-state index contributed by atoms with van der Waals surface area (Å²) in [5.41, 5.74) is 2.57. The molecule has 0 spiro atoms. The van der Waals surface area contributed by atoms with Crippen LogP contribution in [0.15, 0.2) is 24.3 Å². The minimum Gasteiger partial charge on any atom is -0.381 e. The molecule has 1 aromatic carbocycles. The van der Waals surface area contributed by atoms with Crippen LogP contribution in [0.2, 0.25) is 0 Å². The van der Waals surface area contributed by atoms with Gasteiger partial charge in [-0.15, -0.1) is 0 Å². The Morgan fingerprint density at radius 1 is 1.16 bits per heavy atom. The average molecular weight is 264 g/mol. The highest BCUT2D eigenvalue weighted by molar-refractivity contribution is 5.45. The Bertz CT molecular complexity index is 333. The van der Waals surface area contributed by atoms with Gasteiger partial charge in [0.1, 0.15) is 0 Å². The van der Waals surface area contributed by atoms with Gasteiger partial charge in [0, 0.05) is 39.5 Å². The van der Waals surface area contributed by atoms with Crippen molar-refractivity contribution in [1.82, 2.24) is 5.32 Å². The van der Waals surface area contributed by atoms with Gasteiger partial charge in [0.15, 0.2) is 0 Å². The summed E-state index contributed by atoms with van der Waals surface area (Å²) in [5, 5.41) is 3.44. The fourth-order valence-corrected chi connectivity index (χ4v) is 1.76.